The Bertz CT molecular complexity index is 557. The Labute approximate surface area is 120 Å². The van der Waals surface area contributed by atoms with Crippen LogP contribution in [0.15, 0.2) is 22.8 Å². The molecule has 2 aromatic rings. The Kier molecular flexibility index (Phi) is 4.19. The third-order valence-electron chi connectivity index (χ3n) is 2.22. The van der Waals surface area contributed by atoms with Gasteiger partial charge in [0.15, 0.2) is 5.82 Å². The molecule has 0 aliphatic heterocycles. The van der Waals surface area contributed by atoms with E-state index in [1.54, 1.807) is 12.1 Å². The topological polar surface area (TPSA) is 30.7 Å². The summed E-state index contributed by atoms with van der Waals surface area (Å²) in [5.74, 6) is 0.219. The standard InChI is InChI=1S/C10H6BrCl2F2N3/c11-5-1-2-7(16-4-5)18-9(13)6(3-12)8(17-18)10(14)15/h1-2,4,10H,3H2. The van der Waals surface area contributed by atoms with Crippen LogP contribution in [0.5, 0.6) is 0 Å². The molecule has 0 N–H and O–H groups in total. The van der Waals surface area contributed by atoms with Crippen molar-refractivity contribution in [2.75, 3.05) is 0 Å². The smallest absolute Gasteiger partial charge is 0.236 e. The third-order valence-corrected chi connectivity index (χ3v) is 3.35. The second-order valence-corrected chi connectivity index (χ2v) is 4.88. The molecule has 0 aliphatic carbocycles. The van der Waals surface area contributed by atoms with E-state index in [1.807, 2.05) is 0 Å². The minimum atomic E-state index is -2.73. The lowest BCUT2D eigenvalue weighted by atomic mass is 10.3. The second-order valence-electron chi connectivity index (χ2n) is 3.34. The van der Waals surface area contributed by atoms with Gasteiger partial charge in [0.2, 0.25) is 0 Å². The SMILES string of the molecule is FC(F)c1nn(-c2ccc(Br)cn2)c(Cl)c1CCl. The van der Waals surface area contributed by atoms with E-state index in [2.05, 4.69) is 26.0 Å². The van der Waals surface area contributed by atoms with Crippen LogP contribution in [-0.2, 0) is 5.88 Å². The van der Waals surface area contributed by atoms with Crippen molar-refractivity contribution >= 4 is 39.1 Å². The van der Waals surface area contributed by atoms with Gasteiger partial charge < -0.3 is 0 Å². The minimum Gasteiger partial charge on any atom is -0.236 e. The average Bonchev–Trinajstić information content (AvgIpc) is 2.67. The second kappa shape index (κ2) is 5.50. The molecule has 0 spiro atoms. The molecule has 0 saturated heterocycles. The first-order valence-electron chi connectivity index (χ1n) is 4.78. The highest BCUT2D eigenvalue weighted by atomic mass is 79.9. The maximum atomic E-state index is 12.8. The van der Waals surface area contributed by atoms with Crippen molar-refractivity contribution in [1.82, 2.24) is 14.8 Å². The summed E-state index contributed by atoms with van der Waals surface area (Å²) in [6.45, 7) is 0. The summed E-state index contributed by atoms with van der Waals surface area (Å²) in [5.41, 5.74) is -0.294. The molecule has 8 heteroatoms. The van der Waals surface area contributed by atoms with Crippen LogP contribution >= 0.6 is 39.1 Å². The Morgan fingerprint density at radius 3 is 2.56 bits per heavy atom. The van der Waals surface area contributed by atoms with Gasteiger partial charge in [0.05, 0.1) is 5.88 Å². The number of pyridine rings is 1. The molecule has 0 aromatic carbocycles. The largest absolute Gasteiger partial charge is 0.282 e. The van der Waals surface area contributed by atoms with E-state index in [4.69, 9.17) is 23.2 Å². The Balaban J connectivity index is 2.55. The molecule has 18 heavy (non-hydrogen) atoms. The van der Waals surface area contributed by atoms with Gasteiger partial charge in [-0.15, -0.1) is 11.6 Å². The highest BCUT2D eigenvalue weighted by molar-refractivity contribution is 9.10. The zero-order valence-corrected chi connectivity index (χ0v) is 11.8. The van der Waals surface area contributed by atoms with Gasteiger partial charge >= 0.3 is 0 Å². The molecule has 0 saturated carbocycles. The van der Waals surface area contributed by atoms with Crippen LogP contribution in [0.3, 0.4) is 0 Å². The third kappa shape index (κ3) is 2.50. The van der Waals surface area contributed by atoms with Crippen molar-refractivity contribution in [3.05, 3.63) is 39.2 Å². The van der Waals surface area contributed by atoms with Crippen LogP contribution in [-0.4, -0.2) is 14.8 Å². The first kappa shape index (κ1) is 13.7. The van der Waals surface area contributed by atoms with Crippen molar-refractivity contribution in [2.24, 2.45) is 0 Å². The van der Waals surface area contributed by atoms with E-state index in [0.29, 0.717) is 5.82 Å². The fourth-order valence-corrected chi connectivity index (χ4v) is 2.24. The maximum Gasteiger partial charge on any atom is 0.282 e. The summed E-state index contributed by atoms with van der Waals surface area (Å²) in [4.78, 5) is 4.04. The quantitative estimate of drug-likeness (QED) is 0.765. The van der Waals surface area contributed by atoms with Crippen LogP contribution in [0.1, 0.15) is 17.7 Å². The molecule has 0 atom stereocenters. The molecule has 0 unspecified atom stereocenters. The fraction of sp³-hybridized carbons (Fsp3) is 0.200. The Morgan fingerprint density at radius 2 is 2.11 bits per heavy atom. The summed E-state index contributed by atoms with van der Waals surface area (Å²) < 4.78 is 27.4. The van der Waals surface area contributed by atoms with Gasteiger partial charge in [-0.25, -0.2) is 18.4 Å². The van der Waals surface area contributed by atoms with Crippen molar-refractivity contribution in [1.29, 1.82) is 0 Å². The van der Waals surface area contributed by atoms with E-state index in [1.165, 1.54) is 6.20 Å². The molecule has 2 rings (SSSR count). The molecule has 0 radical (unpaired) electrons. The van der Waals surface area contributed by atoms with E-state index in [9.17, 15) is 8.78 Å². The van der Waals surface area contributed by atoms with Crippen molar-refractivity contribution < 1.29 is 8.78 Å². The van der Waals surface area contributed by atoms with E-state index in [-0.39, 0.29) is 16.6 Å². The molecule has 96 valence electrons. The van der Waals surface area contributed by atoms with Gasteiger partial charge in [-0.2, -0.15) is 5.10 Å². The minimum absolute atomic E-state index is 0.0510. The monoisotopic (exact) mass is 355 g/mol. The highest BCUT2D eigenvalue weighted by Gasteiger charge is 2.23. The Morgan fingerprint density at radius 1 is 1.39 bits per heavy atom. The summed E-state index contributed by atoms with van der Waals surface area (Å²) in [5, 5.41) is 3.80. The van der Waals surface area contributed by atoms with Gasteiger partial charge in [0.1, 0.15) is 10.8 Å². The molecule has 2 aromatic heterocycles. The van der Waals surface area contributed by atoms with Crippen molar-refractivity contribution in [3.8, 4) is 5.82 Å². The van der Waals surface area contributed by atoms with Crippen molar-refractivity contribution in [3.63, 3.8) is 0 Å². The van der Waals surface area contributed by atoms with Gasteiger partial charge in [-0.3, -0.25) is 0 Å². The molecular formula is C10H6BrCl2F2N3. The van der Waals surface area contributed by atoms with Crippen LogP contribution in [0.25, 0.3) is 5.82 Å². The van der Waals surface area contributed by atoms with Gasteiger partial charge in [0.25, 0.3) is 6.43 Å². The predicted octanol–water partition coefficient (Wildman–Crippen LogP) is 4.36. The number of hydrogen-bond donors (Lipinski definition) is 0. The summed E-state index contributed by atoms with van der Waals surface area (Å²) in [7, 11) is 0. The van der Waals surface area contributed by atoms with E-state index in [0.717, 1.165) is 9.15 Å². The maximum absolute atomic E-state index is 12.8. The van der Waals surface area contributed by atoms with Gasteiger partial charge in [0, 0.05) is 16.2 Å². The first-order valence-corrected chi connectivity index (χ1v) is 6.48. The van der Waals surface area contributed by atoms with E-state index >= 15 is 0 Å². The van der Waals surface area contributed by atoms with Gasteiger partial charge in [-0.1, -0.05) is 11.6 Å². The van der Waals surface area contributed by atoms with Crippen LogP contribution < -0.4 is 0 Å². The molecule has 3 nitrogen and oxygen atoms in total. The number of rotatable bonds is 3. The van der Waals surface area contributed by atoms with Gasteiger partial charge in [-0.05, 0) is 28.1 Å². The molecule has 0 aliphatic rings. The summed E-state index contributed by atoms with van der Waals surface area (Å²) in [6, 6.07) is 3.32. The average molecular weight is 357 g/mol. The van der Waals surface area contributed by atoms with Crippen LogP contribution in [0, 0.1) is 0 Å². The number of hydrogen-bond acceptors (Lipinski definition) is 2. The summed E-state index contributed by atoms with van der Waals surface area (Å²) in [6.07, 6.45) is -1.21. The summed E-state index contributed by atoms with van der Waals surface area (Å²) >= 11 is 14.8. The highest BCUT2D eigenvalue weighted by Crippen LogP contribution is 2.30. The zero-order chi connectivity index (χ0) is 13.3. The molecule has 2 heterocycles. The Hall–Kier alpha value is -0.720. The predicted molar refractivity (Wildman–Crippen MR) is 68.6 cm³/mol. The molecular weight excluding hydrogens is 351 g/mol. The van der Waals surface area contributed by atoms with Crippen LogP contribution in [0.4, 0.5) is 8.78 Å². The zero-order valence-electron chi connectivity index (χ0n) is 8.75. The van der Waals surface area contributed by atoms with E-state index < -0.39 is 12.1 Å². The normalized spacial score (nSPS) is 11.2. The molecule has 0 bridgehead atoms. The lowest BCUT2D eigenvalue weighted by Gasteiger charge is -2.01. The molecule has 0 amide bonds. The first-order chi connectivity index (χ1) is 8.54. The number of halogens is 5. The molecule has 0 fully saturated rings. The fourth-order valence-electron chi connectivity index (χ4n) is 1.39. The number of aromatic nitrogens is 3. The van der Waals surface area contributed by atoms with Crippen LogP contribution in [0.2, 0.25) is 5.15 Å². The number of alkyl halides is 3. The lowest BCUT2D eigenvalue weighted by Crippen LogP contribution is -2.00. The lowest BCUT2D eigenvalue weighted by molar-refractivity contribution is 0.144. The van der Waals surface area contributed by atoms with Crippen molar-refractivity contribution in [2.45, 2.75) is 12.3 Å². The number of nitrogens with zero attached hydrogens (tertiary/aromatic N) is 3.